The lowest BCUT2D eigenvalue weighted by molar-refractivity contribution is -0.0852. The van der Waals surface area contributed by atoms with Gasteiger partial charge in [-0.05, 0) is 10.4 Å². The van der Waals surface area contributed by atoms with Gasteiger partial charge in [-0.3, -0.25) is 0 Å². The maximum atomic E-state index is 5.45. The third kappa shape index (κ3) is 5.75. The van der Waals surface area contributed by atoms with E-state index in [0.29, 0.717) is 12.7 Å². The van der Waals surface area contributed by atoms with Crippen LogP contribution in [-0.4, -0.2) is 20.0 Å². The van der Waals surface area contributed by atoms with Gasteiger partial charge in [-0.15, -0.1) is 0 Å². The smallest absolute Gasteiger partial charge is 0.146 e. The molecule has 1 atom stereocenters. The number of methoxy groups -OCH3 is 1. The van der Waals surface area contributed by atoms with Crippen molar-refractivity contribution in [3.63, 3.8) is 0 Å². The Kier molecular flexibility index (Phi) is 6.71. The largest absolute Gasteiger partial charge is 0.359 e. The van der Waals surface area contributed by atoms with E-state index in [4.69, 9.17) is 9.47 Å². The molecule has 0 aromatic heterocycles. The number of hydrogen-bond acceptors (Lipinski definition) is 2. The van der Waals surface area contributed by atoms with E-state index in [1.807, 2.05) is 0 Å². The first kappa shape index (κ1) is 12.1. The van der Waals surface area contributed by atoms with Crippen LogP contribution in [0.2, 0.25) is 0 Å². The highest BCUT2D eigenvalue weighted by Gasteiger charge is 2.13. The molecule has 0 aromatic rings. The minimum atomic E-state index is 0.192. The van der Waals surface area contributed by atoms with Crippen LogP contribution < -0.4 is 0 Å². The lowest BCUT2D eigenvalue weighted by Gasteiger charge is -2.20. The molecule has 12 heavy (non-hydrogen) atoms. The van der Waals surface area contributed by atoms with Gasteiger partial charge in [-0.2, -0.15) is 0 Å². The summed E-state index contributed by atoms with van der Waals surface area (Å²) < 4.78 is 11.3. The molecule has 0 fully saturated rings. The first-order valence-corrected chi connectivity index (χ1v) is 4.81. The van der Waals surface area contributed by atoms with Gasteiger partial charge < -0.3 is 9.47 Å². The Morgan fingerprint density at radius 2 is 2.08 bits per heavy atom. The van der Waals surface area contributed by atoms with Gasteiger partial charge in [0.15, 0.2) is 0 Å². The van der Waals surface area contributed by atoms with Crippen LogP contribution in [0.4, 0.5) is 0 Å². The summed E-state index contributed by atoms with van der Waals surface area (Å²) in [7, 11) is 1.63. The minimum absolute atomic E-state index is 0.192. The van der Waals surface area contributed by atoms with Gasteiger partial charge in [-0.1, -0.05) is 36.4 Å². The summed E-state index contributed by atoms with van der Waals surface area (Å²) in [5, 5.41) is 0. The fourth-order valence-corrected chi connectivity index (χ4v) is 1.18. The first-order valence-electron chi connectivity index (χ1n) is 4.01. The average Bonchev–Trinajstić information content (AvgIpc) is 1.96. The molecular weight excluding hydrogens is 220 g/mol. The van der Waals surface area contributed by atoms with Crippen molar-refractivity contribution >= 4 is 15.9 Å². The van der Waals surface area contributed by atoms with E-state index in [0.717, 1.165) is 10.9 Å². The number of ether oxygens (including phenoxy) is 2. The highest BCUT2D eigenvalue weighted by molar-refractivity contribution is 9.11. The molecule has 0 N–H and O–H groups in total. The van der Waals surface area contributed by atoms with Crippen molar-refractivity contribution in [3.05, 3.63) is 11.1 Å². The predicted octanol–water partition coefficient (Wildman–Crippen LogP) is 2.93. The van der Waals surface area contributed by atoms with E-state index in [-0.39, 0.29) is 6.10 Å². The number of halogens is 1. The molecule has 0 bridgehead atoms. The van der Waals surface area contributed by atoms with Gasteiger partial charge in [0.05, 0.1) is 6.10 Å². The fraction of sp³-hybridized carbons (Fsp3) is 0.778. The highest BCUT2D eigenvalue weighted by atomic mass is 79.9. The van der Waals surface area contributed by atoms with Gasteiger partial charge in [0.25, 0.3) is 0 Å². The van der Waals surface area contributed by atoms with Crippen molar-refractivity contribution in [2.45, 2.75) is 26.4 Å². The molecule has 0 rings (SSSR count). The zero-order valence-electron chi connectivity index (χ0n) is 7.97. The van der Waals surface area contributed by atoms with Crippen molar-refractivity contribution in [1.82, 2.24) is 0 Å². The maximum Gasteiger partial charge on any atom is 0.146 e. The van der Waals surface area contributed by atoms with E-state index in [2.05, 4.69) is 36.4 Å². The van der Waals surface area contributed by atoms with E-state index >= 15 is 0 Å². The Bertz CT molecular complexity index is 134. The average molecular weight is 237 g/mol. The van der Waals surface area contributed by atoms with Crippen LogP contribution in [0.5, 0.6) is 0 Å². The molecular formula is C9H17BrO2. The molecule has 0 radical (unpaired) electrons. The quantitative estimate of drug-likeness (QED) is 0.661. The summed E-state index contributed by atoms with van der Waals surface area (Å²) in [4.78, 5) is 0. The molecule has 0 spiro atoms. The van der Waals surface area contributed by atoms with Crippen molar-refractivity contribution < 1.29 is 9.47 Å². The Morgan fingerprint density at radius 3 is 2.42 bits per heavy atom. The Balaban J connectivity index is 3.78. The van der Waals surface area contributed by atoms with Gasteiger partial charge in [0.2, 0.25) is 0 Å². The van der Waals surface area contributed by atoms with E-state index in [1.54, 1.807) is 7.11 Å². The maximum absolute atomic E-state index is 5.45. The van der Waals surface area contributed by atoms with Crippen molar-refractivity contribution in [2.24, 2.45) is 5.92 Å². The summed E-state index contributed by atoms with van der Waals surface area (Å²) in [5.41, 5.74) is 0. The third-order valence-corrected chi connectivity index (χ3v) is 1.89. The molecule has 0 saturated carbocycles. The second-order valence-corrected chi connectivity index (χ2v) is 4.20. The van der Waals surface area contributed by atoms with Gasteiger partial charge >= 0.3 is 0 Å². The topological polar surface area (TPSA) is 18.5 Å². The lowest BCUT2D eigenvalue weighted by atomic mass is 10.0. The number of hydrogen-bond donors (Lipinski definition) is 0. The molecule has 0 aromatic carbocycles. The standard InChI is InChI=1S/C9H17BrO2/c1-7(2)9(5-8(3)10)12-6-11-4/h7,9H,3,5-6H2,1-2,4H3. The lowest BCUT2D eigenvalue weighted by Crippen LogP contribution is -2.20. The molecule has 2 nitrogen and oxygen atoms in total. The van der Waals surface area contributed by atoms with Gasteiger partial charge in [-0.25, -0.2) is 0 Å². The summed E-state index contributed by atoms with van der Waals surface area (Å²) in [5.74, 6) is 0.481. The fourth-order valence-electron chi connectivity index (χ4n) is 0.861. The van der Waals surface area contributed by atoms with E-state index in [9.17, 15) is 0 Å². The van der Waals surface area contributed by atoms with Crippen LogP contribution >= 0.6 is 15.9 Å². The molecule has 0 aliphatic heterocycles. The van der Waals surface area contributed by atoms with Crippen LogP contribution in [-0.2, 0) is 9.47 Å². The zero-order chi connectivity index (χ0) is 9.56. The SMILES string of the molecule is C=C(Br)CC(OCOC)C(C)C. The van der Waals surface area contributed by atoms with E-state index < -0.39 is 0 Å². The van der Waals surface area contributed by atoms with Gasteiger partial charge in [0.1, 0.15) is 6.79 Å². The molecule has 0 heterocycles. The number of rotatable bonds is 6. The Labute approximate surface area is 83.1 Å². The molecule has 0 saturated heterocycles. The van der Waals surface area contributed by atoms with Gasteiger partial charge in [0, 0.05) is 13.5 Å². The van der Waals surface area contributed by atoms with Crippen LogP contribution in [0.15, 0.2) is 11.1 Å². The van der Waals surface area contributed by atoms with Crippen LogP contribution in [0, 0.1) is 5.92 Å². The van der Waals surface area contributed by atoms with Crippen molar-refractivity contribution in [1.29, 1.82) is 0 Å². The third-order valence-electron chi connectivity index (χ3n) is 1.57. The molecule has 1 unspecified atom stereocenters. The molecule has 3 heteroatoms. The molecule has 0 aliphatic carbocycles. The monoisotopic (exact) mass is 236 g/mol. The van der Waals surface area contributed by atoms with Crippen molar-refractivity contribution in [2.75, 3.05) is 13.9 Å². The summed E-state index contributed by atoms with van der Waals surface area (Å²) >= 11 is 3.32. The Morgan fingerprint density at radius 1 is 1.50 bits per heavy atom. The molecule has 0 amide bonds. The van der Waals surface area contributed by atoms with Crippen LogP contribution in [0.1, 0.15) is 20.3 Å². The first-order chi connectivity index (χ1) is 5.57. The molecule has 72 valence electrons. The van der Waals surface area contributed by atoms with E-state index in [1.165, 1.54) is 0 Å². The summed E-state index contributed by atoms with van der Waals surface area (Å²) in [6, 6.07) is 0. The minimum Gasteiger partial charge on any atom is -0.359 e. The Hall–Kier alpha value is 0.140. The second-order valence-electron chi connectivity index (χ2n) is 3.08. The summed E-state index contributed by atoms with van der Waals surface area (Å²) in [6.07, 6.45) is 1.03. The summed E-state index contributed by atoms with van der Waals surface area (Å²) in [6.45, 7) is 8.37. The van der Waals surface area contributed by atoms with Crippen LogP contribution in [0.25, 0.3) is 0 Å². The highest BCUT2D eigenvalue weighted by Crippen LogP contribution is 2.18. The van der Waals surface area contributed by atoms with Crippen molar-refractivity contribution in [3.8, 4) is 0 Å². The predicted molar refractivity (Wildman–Crippen MR) is 54.3 cm³/mol. The zero-order valence-corrected chi connectivity index (χ0v) is 9.56. The second kappa shape index (κ2) is 6.63. The van der Waals surface area contributed by atoms with Crippen LogP contribution in [0.3, 0.4) is 0 Å². The molecule has 0 aliphatic rings. The normalized spacial score (nSPS) is 13.4.